The van der Waals surface area contributed by atoms with E-state index in [1.54, 1.807) is 0 Å². The fourth-order valence-electron chi connectivity index (χ4n) is 1.67. The molecule has 1 atom stereocenters. The molecular weight excluding hydrogens is 208 g/mol. The van der Waals surface area contributed by atoms with Crippen LogP contribution in [0.3, 0.4) is 0 Å². The number of ether oxygens (including phenoxy) is 1. The van der Waals surface area contributed by atoms with Crippen molar-refractivity contribution in [3.05, 3.63) is 36.5 Å². The molecule has 0 saturated carbocycles. The van der Waals surface area contributed by atoms with Gasteiger partial charge in [0.05, 0.1) is 12.2 Å². The minimum atomic E-state index is 0.324. The maximum absolute atomic E-state index is 5.71. The van der Waals surface area contributed by atoms with Crippen LogP contribution in [0.15, 0.2) is 36.5 Å². The van der Waals surface area contributed by atoms with Crippen LogP contribution in [-0.2, 0) is 4.74 Å². The highest BCUT2D eigenvalue weighted by atomic mass is 16.5. The summed E-state index contributed by atoms with van der Waals surface area (Å²) in [6, 6.07) is 0. The van der Waals surface area contributed by atoms with Crippen LogP contribution in [0.1, 0.15) is 53.4 Å². The molecule has 98 valence electrons. The van der Waals surface area contributed by atoms with E-state index in [1.807, 2.05) is 6.08 Å². The molecule has 0 spiro atoms. The van der Waals surface area contributed by atoms with Gasteiger partial charge in [0.2, 0.25) is 0 Å². The van der Waals surface area contributed by atoms with E-state index in [-0.39, 0.29) is 0 Å². The summed E-state index contributed by atoms with van der Waals surface area (Å²) in [6.45, 7) is 16.1. The average Bonchev–Trinajstić information content (AvgIpc) is 2.25. The normalized spacial score (nSPS) is 13.8. The van der Waals surface area contributed by atoms with Crippen molar-refractivity contribution in [2.24, 2.45) is 0 Å². The maximum Gasteiger partial charge on any atom is 0.0553 e. The Morgan fingerprint density at radius 3 is 2.41 bits per heavy atom. The highest BCUT2D eigenvalue weighted by molar-refractivity contribution is 5.12. The molecule has 1 heteroatoms. The van der Waals surface area contributed by atoms with Crippen molar-refractivity contribution in [1.82, 2.24) is 0 Å². The maximum atomic E-state index is 5.71. The van der Waals surface area contributed by atoms with Gasteiger partial charge in [0.15, 0.2) is 0 Å². The zero-order chi connectivity index (χ0) is 13.3. The molecule has 17 heavy (non-hydrogen) atoms. The summed E-state index contributed by atoms with van der Waals surface area (Å²) in [4.78, 5) is 0. The highest BCUT2D eigenvalue weighted by Gasteiger charge is 2.04. The lowest BCUT2D eigenvalue weighted by molar-refractivity contribution is 0.0147. The molecule has 1 unspecified atom stereocenters. The van der Waals surface area contributed by atoms with Gasteiger partial charge in [-0.2, -0.15) is 0 Å². The van der Waals surface area contributed by atoms with Crippen LogP contribution in [0.4, 0.5) is 0 Å². The topological polar surface area (TPSA) is 9.23 Å². The van der Waals surface area contributed by atoms with E-state index in [4.69, 9.17) is 4.74 Å². The fraction of sp³-hybridized carbons (Fsp3) is 0.625. The standard InChI is InChI=1S/C16H28O/c1-7-14(4)9-8-10-15(5)11-12-16(6)17-13(2)3/h7,10,13,16H,1,4,8-9,11-12H2,2-3,5-6H3/b15-10+. The lowest BCUT2D eigenvalue weighted by atomic mass is 10.1. The van der Waals surface area contributed by atoms with Gasteiger partial charge in [-0.1, -0.05) is 36.5 Å². The second-order valence-corrected chi connectivity index (χ2v) is 4.99. The van der Waals surface area contributed by atoms with Crippen molar-refractivity contribution in [3.8, 4) is 0 Å². The molecule has 0 bridgehead atoms. The zero-order valence-electron chi connectivity index (χ0n) is 12.0. The van der Waals surface area contributed by atoms with Crippen molar-refractivity contribution >= 4 is 0 Å². The first-order valence-electron chi connectivity index (χ1n) is 6.57. The monoisotopic (exact) mass is 236 g/mol. The molecule has 0 radical (unpaired) electrons. The van der Waals surface area contributed by atoms with Crippen LogP contribution in [-0.4, -0.2) is 12.2 Å². The predicted molar refractivity (Wildman–Crippen MR) is 77.2 cm³/mol. The summed E-state index contributed by atoms with van der Waals surface area (Å²) < 4.78 is 5.71. The molecule has 0 aromatic carbocycles. The zero-order valence-corrected chi connectivity index (χ0v) is 12.0. The summed E-state index contributed by atoms with van der Waals surface area (Å²) in [5.74, 6) is 0. The molecule has 0 aliphatic rings. The quantitative estimate of drug-likeness (QED) is 0.402. The van der Waals surface area contributed by atoms with E-state index < -0.39 is 0 Å². The third-order valence-electron chi connectivity index (χ3n) is 2.70. The Hall–Kier alpha value is -0.820. The molecule has 0 heterocycles. The van der Waals surface area contributed by atoms with Gasteiger partial charge in [0.1, 0.15) is 0 Å². The Kier molecular flexibility index (Phi) is 8.79. The second-order valence-electron chi connectivity index (χ2n) is 4.99. The average molecular weight is 236 g/mol. The molecule has 0 aliphatic heterocycles. The van der Waals surface area contributed by atoms with E-state index in [0.29, 0.717) is 12.2 Å². The van der Waals surface area contributed by atoms with Gasteiger partial charge < -0.3 is 4.74 Å². The van der Waals surface area contributed by atoms with Crippen LogP contribution in [0, 0.1) is 0 Å². The Morgan fingerprint density at radius 1 is 1.24 bits per heavy atom. The van der Waals surface area contributed by atoms with Gasteiger partial charge in [-0.15, -0.1) is 0 Å². The summed E-state index contributed by atoms with van der Waals surface area (Å²) in [5, 5.41) is 0. The van der Waals surface area contributed by atoms with Gasteiger partial charge in [0, 0.05) is 0 Å². The van der Waals surface area contributed by atoms with Crippen LogP contribution in [0.2, 0.25) is 0 Å². The van der Waals surface area contributed by atoms with Gasteiger partial charge in [-0.05, 0) is 53.4 Å². The first kappa shape index (κ1) is 16.2. The summed E-state index contributed by atoms with van der Waals surface area (Å²) >= 11 is 0. The molecule has 0 aromatic heterocycles. The van der Waals surface area contributed by atoms with Gasteiger partial charge >= 0.3 is 0 Å². The number of hydrogen-bond acceptors (Lipinski definition) is 1. The summed E-state index contributed by atoms with van der Waals surface area (Å²) in [5.41, 5.74) is 2.56. The Morgan fingerprint density at radius 2 is 1.88 bits per heavy atom. The van der Waals surface area contributed by atoms with E-state index in [0.717, 1.165) is 31.3 Å². The molecule has 0 saturated heterocycles. The Bertz CT molecular complexity index is 261. The Labute approximate surface area is 107 Å². The number of allylic oxidation sites excluding steroid dienone is 4. The van der Waals surface area contributed by atoms with Gasteiger partial charge in [-0.25, -0.2) is 0 Å². The lowest BCUT2D eigenvalue weighted by Gasteiger charge is -2.15. The van der Waals surface area contributed by atoms with E-state index in [9.17, 15) is 0 Å². The van der Waals surface area contributed by atoms with Crippen molar-refractivity contribution in [3.63, 3.8) is 0 Å². The molecule has 0 rings (SSSR count). The molecular formula is C16H28O. The van der Waals surface area contributed by atoms with Gasteiger partial charge in [-0.3, -0.25) is 0 Å². The third kappa shape index (κ3) is 10.1. The van der Waals surface area contributed by atoms with E-state index in [2.05, 4.69) is 46.9 Å². The SMILES string of the molecule is C=CC(=C)CC/C=C(\C)CCC(C)OC(C)C. The first-order chi connectivity index (χ1) is 7.95. The summed E-state index contributed by atoms with van der Waals surface area (Å²) in [7, 11) is 0. The molecule has 0 N–H and O–H groups in total. The predicted octanol–water partition coefficient (Wildman–Crippen LogP) is 5.05. The van der Waals surface area contributed by atoms with Crippen LogP contribution in [0.25, 0.3) is 0 Å². The smallest absolute Gasteiger partial charge is 0.0553 e. The lowest BCUT2D eigenvalue weighted by Crippen LogP contribution is -2.14. The summed E-state index contributed by atoms with van der Waals surface area (Å²) in [6.07, 6.45) is 9.11. The largest absolute Gasteiger partial charge is 0.376 e. The van der Waals surface area contributed by atoms with Crippen LogP contribution in [0.5, 0.6) is 0 Å². The van der Waals surface area contributed by atoms with Crippen LogP contribution >= 0.6 is 0 Å². The molecule has 0 aliphatic carbocycles. The van der Waals surface area contributed by atoms with Crippen LogP contribution < -0.4 is 0 Å². The van der Waals surface area contributed by atoms with Crippen molar-refractivity contribution < 1.29 is 4.74 Å². The first-order valence-corrected chi connectivity index (χ1v) is 6.57. The third-order valence-corrected chi connectivity index (χ3v) is 2.70. The van der Waals surface area contributed by atoms with E-state index >= 15 is 0 Å². The van der Waals surface area contributed by atoms with E-state index in [1.165, 1.54) is 5.57 Å². The minimum Gasteiger partial charge on any atom is -0.376 e. The van der Waals surface area contributed by atoms with Crippen molar-refractivity contribution in [1.29, 1.82) is 0 Å². The minimum absolute atomic E-state index is 0.324. The number of hydrogen-bond donors (Lipinski definition) is 0. The molecule has 0 fully saturated rings. The molecule has 0 aromatic rings. The molecule has 1 nitrogen and oxygen atoms in total. The Balaban J connectivity index is 3.77. The molecule has 0 amide bonds. The van der Waals surface area contributed by atoms with Crippen molar-refractivity contribution in [2.75, 3.05) is 0 Å². The highest BCUT2D eigenvalue weighted by Crippen LogP contribution is 2.13. The second kappa shape index (κ2) is 9.23. The van der Waals surface area contributed by atoms with Gasteiger partial charge in [0.25, 0.3) is 0 Å². The number of rotatable bonds is 9. The van der Waals surface area contributed by atoms with Crippen molar-refractivity contribution in [2.45, 2.75) is 65.6 Å². The fourth-order valence-corrected chi connectivity index (χ4v) is 1.67.